The van der Waals surface area contributed by atoms with Crippen LogP contribution in [0.1, 0.15) is 95.6 Å². The minimum atomic E-state index is -3.85. The van der Waals surface area contributed by atoms with E-state index in [2.05, 4.69) is 12.1 Å². The summed E-state index contributed by atoms with van der Waals surface area (Å²) in [4.78, 5) is 63.2. The molecule has 0 radical (unpaired) electrons. The van der Waals surface area contributed by atoms with E-state index in [-0.39, 0.29) is 25.2 Å². The Morgan fingerprint density at radius 1 is 0.855 bits per heavy atom. The number of benzene rings is 2. The van der Waals surface area contributed by atoms with Crippen LogP contribution in [0.4, 0.5) is 0 Å². The minimum absolute atomic E-state index is 0.0265. The molecule has 0 unspecified atom stereocenters. The summed E-state index contributed by atoms with van der Waals surface area (Å²) < 4.78 is 22.2. The van der Waals surface area contributed by atoms with Crippen LogP contribution in [0.15, 0.2) is 66.7 Å². The van der Waals surface area contributed by atoms with Gasteiger partial charge in [-0.15, -0.1) is 0 Å². The molecule has 14 nitrogen and oxygen atoms in total. The second-order valence-corrected chi connectivity index (χ2v) is 14.4. The normalized spacial score (nSPS) is 26.9. The highest BCUT2D eigenvalue weighted by Crippen LogP contribution is 2.55. The van der Waals surface area contributed by atoms with Crippen molar-refractivity contribution in [3.63, 3.8) is 0 Å². The Balaban J connectivity index is 1.46. The quantitative estimate of drug-likeness (QED) is 0.0792. The fourth-order valence-corrected chi connectivity index (χ4v) is 7.45. The fraction of sp³-hybridized carbons (Fsp3) is 0.537. The van der Waals surface area contributed by atoms with Gasteiger partial charge in [0.25, 0.3) is 0 Å². The second-order valence-electron chi connectivity index (χ2n) is 14.4. The highest BCUT2D eigenvalue weighted by atomic mass is 16.8. The average Bonchev–Trinajstić information content (AvgIpc) is 3.36. The number of esters is 2. The van der Waals surface area contributed by atoms with Gasteiger partial charge in [-0.25, -0.2) is 14.4 Å². The number of carbonyl (C=O) groups excluding carboxylic acids is 2. The molecule has 2 saturated heterocycles. The highest BCUT2D eigenvalue weighted by molar-refractivity contribution is 5.98. The zero-order chi connectivity index (χ0) is 40.2. The number of carbonyl (C=O) groups is 5. The second kappa shape index (κ2) is 19.3. The van der Waals surface area contributed by atoms with E-state index in [1.165, 1.54) is 12.5 Å². The van der Waals surface area contributed by atoms with Crippen molar-refractivity contribution in [2.24, 2.45) is 5.92 Å². The Kier molecular flexibility index (Phi) is 15.1. The molecule has 2 aromatic rings. The molecule has 2 aliphatic heterocycles. The van der Waals surface area contributed by atoms with Gasteiger partial charge in [0.2, 0.25) is 23.1 Å². The van der Waals surface area contributed by atoms with Gasteiger partial charge in [-0.3, -0.25) is 9.59 Å². The minimum Gasteiger partial charge on any atom is -0.479 e. The number of hydrogen-bond donors (Lipinski definition) is 5. The molecular weight excluding hydrogens is 716 g/mol. The number of aliphatic carboxylic acids is 3. The molecule has 2 aliphatic rings. The van der Waals surface area contributed by atoms with Crippen LogP contribution in [-0.2, 0) is 49.3 Å². The molecule has 0 amide bonds. The predicted molar refractivity (Wildman–Crippen MR) is 196 cm³/mol. The Bertz CT molecular complexity index is 1650. The van der Waals surface area contributed by atoms with Crippen LogP contribution in [0.25, 0.3) is 6.08 Å². The SMILES string of the molecule is CC(=O)O[C@H](CCC[C@]12O[C@H](C(=O)O)[C@](O)(C(=O)O)[C@](C(=O)O)(O1)[C@H](OC(=O)CCCCCCCCc1ccccc1)[C@@H]2O)[C@@H](C)C/C=C/c1ccccc1. The summed E-state index contributed by atoms with van der Waals surface area (Å²) >= 11 is 0. The predicted octanol–water partition coefficient (Wildman–Crippen LogP) is 4.92. The lowest BCUT2D eigenvalue weighted by Crippen LogP contribution is -2.78. The molecule has 0 saturated carbocycles. The summed E-state index contributed by atoms with van der Waals surface area (Å²) in [7, 11) is 0. The molecule has 2 bridgehead atoms. The zero-order valence-corrected chi connectivity index (χ0v) is 31.2. The monoisotopic (exact) mass is 768 g/mol. The summed E-state index contributed by atoms with van der Waals surface area (Å²) in [5.74, 6) is -10.9. The number of aliphatic hydroxyl groups is 2. The number of allylic oxidation sites excluding steroid dienone is 1. The molecule has 8 atom stereocenters. The lowest BCUT2D eigenvalue weighted by Gasteiger charge is -2.48. The largest absolute Gasteiger partial charge is 0.479 e. The number of ether oxygens (including phenoxy) is 4. The summed E-state index contributed by atoms with van der Waals surface area (Å²) in [6, 6.07) is 19.6. The Hall–Kier alpha value is -4.63. The number of rotatable bonds is 22. The Morgan fingerprint density at radius 2 is 1.47 bits per heavy atom. The van der Waals surface area contributed by atoms with Gasteiger partial charge >= 0.3 is 29.8 Å². The molecular formula is C41H52O14. The lowest BCUT2D eigenvalue weighted by atomic mass is 9.74. The maximum Gasteiger partial charge on any atom is 0.344 e. The number of carboxylic acid groups (broad SMARTS) is 3. The Labute approximate surface area is 320 Å². The van der Waals surface area contributed by atoms with Gasteiger partial charge in [-0.2, -0.15) is 0 Å². The van der Waals surface area contributed by atoms with Crippen LogP contribution < -0.4 is 0 Å². The van der Waals surface area contributed by atoms with Crippen molar-refractivity contribution in [3.8, 4) is 0 Å². The number of carboxylic acids is 3. The van der Waals surface area contributed by atoms with Gasteiger partial charge in [0, 0.05) is 19.8 Å². The topological polar surface area (TPSA) is 223 Å². The maximum atomic E-state index is 13.1. The third kappa shape index (κ3) is 9.98. The Morgan fingerprint density at radius 3 is 2.07 bits per heavy atom. The average molecular weight is 769 g/mol. The van der Waals surface area contributed by atoms with E-state index in [1.54, 1.807) is 0 Å². The van der Waals surface area contributed by atoms with E-state index < -0.39 is 77.7 Å². The van der Waals surface area contributed by atoms with Crippen LogP contribution in [0.3, 0.4) is 0 Å². The van der Waals surface area contributed by atoms with E-state index >= 15 is 0 Å². The van der Waals surface area contributed by atoms with Crippen LogP contribution in [-0.4, -0.2) is 96.8 Å². The van der Waals surface area contributed by atoms with Gasteiger partial charge in [-0.1, -0.05) is 105 Å². The van der Waals surface area contributed by atoms with Crippen molar-refractivity contribution in [2.45, 2.75) is 132 Å². The van der Waals surface area contributed by atoms with Crippen molar-refractivity contribution in [1.29, 1.82) is 0 Å². The zero-order valence-electron chi connectivity index (χ0n) is 31.2. The number of aryl methyl sites for hydroxylation is 1. The molecule has 2 heterocycles. The molecule has 0 spiro atoms. The highest BCUT2D eigenvalue weighted by Gasteiger charge is 2.85. The molecule has 0 aliphatic carbocycles. The number of fused-ring (bicyclic) bond motifs is 2. The molecule has 14 heteroatoms. The van der Waals surface area contributed by atoms with Crippen molar-refractivity contribution < 1.29 is 68.5 Å². The number of aliphatic hydroxyl groups excluding tert-OH is 1. The van der Waals surface area contributed by atoms with Crippen molar-refractivity contribution in [2.75, 3.05) is 0 Å². The van der Waals surface area contributed by atoms with Gasteiger partial charge in [0.15, 0.2) is 6.10 Å². The molecule has 55 heavy (non-hydrogen) atoms. The summed E-state index contributed by atoms with van der Waals surface area (Å²) in [5.41, 5.74) is -5.11. The first-order valence-electron chi connectivity index (χ1n) is 18.8. The van der Waals surface area contributed by atoms with E-state index in [1.807, 2.05) is 67.6 Å². The lowest BCUT2D eigenvalue weighted by molar-refractivity contribution is -0.374. The molecule has 2 fully saturated rings. The van der Waals surface area contributed by atoms with Crippen LogP contribution in [0.5, 0.6) is 0 Å². The molecule has 0 aromatic heterocycles. The summed E-state index contributed by atoms with van der Waals surface area (Å²) in [6.45, 7) is 3.09. The fourth-order valence-electron chi connectivity index (χ4n) is 7.45. The number of unbranched alkanes of at least 4 members (excludes halogenated alkanes) is 5. The van der Waals surface area contributed by atoms with Gasteiger partial charge < -0.3 is 44.5 Å². The van der Waals surface area contributed by atoms with Gasteiger partial charge in [0.1, 0.15) is 12.2 Å². The van der Waals surface area contributed by atoms with Gasteiger partial charge in [0.05, 0.1) is 0 Å². The summed E-state index contributed by atoms with van der Waals surface area (Å²) in [5, 5.41) is 53.7. The van der Waals surface area contributed by atoms with Crippen LogP contribution in [0.2, 0.25) is 0 Å². The van der Waals surface area contributed by atoms with Crippen molar-refractivity contribution >= 4 is 35.9 Å². The van der Waals surface area contributed by atoms with E-state index in [0.717, 1.165) is 37.7 Å². The first kappa shape index (κ1) is 43.1. The van der Waals surface area contributed by atoms with Crippen LogP contribution >= 0.6 is 0 Å². The third-order valence-corrected chi connectivity index (χ3v) is 10.4. The third-order valence-electron chi connectivity index (χ3n) is 10.4. The molecule has 2 aromatic carbocycles. The van der Waals surface area contributed by atoms with Gasteiger partial charge in [-0.05, 0) is 55.6 Å². The van der Waals surface area contributed by atoms with Crippen molar-refractivity contribution in [1.82, 2.24) is 0 Å². The molecule has 5 N–H and O–H groups in total. The van der Waals surface area contributed by atoms with Crippen LogP contribution in [0, 0.1) is 5.92 Å². The number of hydrogen-bond acceptors (Lipinski definition) is 11. The van der Waals surface area contributed by atoms with E-state index in [4.69, 9.17) is 18.9 Å². The van der Waals surface area contributed by atoms with E-state index in [0.29, 0.717) is 19.3 Å². The smallest absolute Gasteiger partial charge is 0.344 e. The maximum absolute atomic E-state index is 13.1. The molecule has 4 rings (SSSR count). The standard InChI is InChI=1S/C41H52O14/c1-27(17-15-23-30-21-12-8-13-22-30)31(52-28(2)42)24-16-26-39-33(44)34(41(55-39,38(49)50)40(51,37(47)48)35(54-39)36(45)46)53-32(43)25-14-6-4-3-5-9-18-29-19-10-7-11-20-29/h7-8,10-13,15,19-23,27,31,33-35,44,51H,3-6,9,14,16-18,24-26H2,1-2H3,(H,45,46)(H,47,48)(H,49,50)/b23-15+/t27-,31+,33-,34+,35+,39-,40-,41-/m0/s1. The summed E-state index contributed by atoms with van der Waals surface area (Å²) in [6.07, 6.45) is 1.28. The van der Waals surface area contributed by atoms with E-state index in [9.17, 15) is 49.5 Å². The first-order valence-corrected chi connectivity index (χ1v) is 18.8. The first-order chi connectivity index (χ1) is 26.2. The molecule has 300 valence electrons. The van der Waals surface area contributed by atoms with Crippen molar-refractivity contribution in [3.05, 3.63) is 77.9 Å².